The molecule has 0 saturated carbocycles. The van der Waals surface area contributed by atoms with Gasteiger partial charge in [0.05, 0.1) is 26.1 Å². The van der Waals surface area contributed by atoms with E-state index < -0.39 is 52.2 Å². The van der Waals surface area contributed by atoms with Gasteiger partial charge < -0.3 is 38.5 Å². The summed E-state index contributed by atoms with van der Waals surface area (Å²) in [7, 11) is -8.95. The first-order valence-corrected chi connectivity index (χ1v) is 12.9. The van der Waals surface area contributed by atoms with Crippen molar-refractivity contribution in [1.82, 2.24) is 19.5 Å². The van der Waals surface area contributed by atoms with Crippen molar-refractivity contribution in [3.8, 4) is 5.88 Å². The molecule has 2 aromatic rings. The van der Waals surface area contributed by atoms with E-state index in [1.54, 1.807) is 0 Å². The minimum Gasteiger partial charge on any atom is -0.476 e. The zero-order valence-corrected chi connectivity index (χ0v) is 17.9. The molecule has 2 aromatic heterocycles. The first-order chi connectivity index (χ1) is 14.7. The summed E-state index contributed by atoms with van der Waals surface area (Å²) >= 11 is 0. The van der Waals surface area contributed by atoms with Gasteiger partial charge in [-0.1, -0.05) is 0 Å². The standard InChI is InChI=1S/C15H22N4O10P2/c20-11-9-5-28-31(24,25)8-30(22,23)27-4-2-1-3-26-14-10-13(16-6-17-14)19(7-18-10)15(29-9)12(11)21/h6-7,9,11-12,15,20-21H,1-5,8H2,(H,22,23)(H,24,25)/t9-,11+,12?,15-/m1/s1. The third-order valence-corrected chi connectivity index (χ3v) is 8.80. The topological polar surface area (TPSA) is 196 Å². The number of fused-ring (bicyclic) bond motifs is 3. The lowest BCUT2D eigenvalue weighted by Gasteiger charge is -2.20. The summed E-state index contributed by atoms with van der Waals surface area (Å²) in [6.07, 6.45) is -1.85. The van der Waals surface area contributed by atoms with Gasteiger partial charge in [-0.25, -0.2) is 9.97 Å². The molecule has 16 heteroatoms. The Labute approximate surface area is 175 Å². The highest BCUT2D eigenvalue weighted by Crippen LogP contribution is 2.58. The highest BCUT2D eigenvalue weighted by atomic mass is 31.2. The molecule has 4 rings (SSSR count). The van der Waals surface area contributed by atoms with E-state index in [-0.39, 0.29) is 19.1 Å². The van der Waals surface area contributed by atoms with Crippen LogP contribution in [-0.4, -0.2) is 83.6 Å². The van der Waals surface area contributed by atoms with Gasteiger partial charge in [0, 0.05) is 0 Å². The predicted octanol–water partition coefficient (Wildman–Crippen LogP) is -0.0204. The second-order valence-electron chi connectivity index (χ2n) is 7.15. The number of nitrogens with zero attached hydrogens (tertiary/aromatic N) is 4. The van der Waals surface area contributed by atoms with Crippen molar-refractivity contribution in [2.24, 2.45) is 0 Å². The molecular formula is C15H22N4O10P2. The SMILES string of the molecule is O=P1(O)CP(=O)(O)OC[C@H]2O[C@H](C(O)[C@H]2O)n2cnc3c(ncnc32)OCCCCO1. The van der Waals surface area contributed by atoms with Crippen LogP contribution in [-0.2, 0) is 22.9 Å². The second kappa shape index (κ2) is 8.81. The maximum Gasteiger partial charge on any atom is 0.340 e. The van der Waals surface area contributed by atoms with Crippen LogP contribution in [0.25, 0.3) is 11.2 Å². The monoisotopic (exact) mass is 480 g/mol. The first kappa shape index (κ1) is 22.7. The number of aliphatic hydroxyl groups is 2. The predicted molar refractivity (Wildman–Crippen MR) is 102 cm³/mol. The van der Waals surface area contributed by atoms with Gasteiger partial charge >= 0.3 is 15.2 Å². The van der Waals surface area contributed by atoms with E-state index in [0.717, 1.165) is 0 Å². The Morgan fingerprint density at radius 1 is 1.00 bits per heavy atom. The summed E-state index contributed by atoms with van der Waals surface area (Å²) in [5, 5.41) is 20.8. The summed E-state index contributed by atoms with van der Waals surface area (Å²) in [4.78, 5) is 32.2. The molecule has 6 atom stereocenters. The van der Waals surface area contributed by atoms with Crippen molar-refractivity contribution in [2.75, 3.05) is 25.7 Å². The molecule has 2 aliphatic heterocycles. The van der Waals surface area contributed by atoms with Gasteiger partial charge in [0.15, 0.2) is 23.3 Å². The van der Waals surface area contributed by atoms with Crippen LogP contribution in [0.2, 0.25) is 0 Å². The zero-order chi connectivity index (χ0) is 22.2. The van der Waals surface area contributed by atoms with Crippen LogP contribution in [0, 0.1) is 0 Å². The Bertz CT molecular complexity index is 1030. The van der Waals surface area contributed by atoms with Crippen molar-refractivity contribution in [2.45, 2.75) is 37.4 Å². The maximum atomic E-state index is 12.2. The average molecular weight is 480 g/mol. The molecule has 4 N–H and O–H groups in total. The fraction of sp³-hybridized carbons (Fsp3) is 0.667. The Morgan fingerprint density at radius 3 is 2.55 bits per heavy atom. The molecule has 172 valence electrons. The minimum atomic E-state index is -4.55. The van der Waals surface area contributed by atoms with E-state index in [0.29, 0.717) is 24.0 Å². The first-order valence-electron chi connectivity index (χ1n) is 9.41. The van der Waals surface area contributed by atoms with Crippen molar-refractivity contribution in [3.63, 3.8) is 0 Å². The molecule has 0 aliphatic carbocycles. The second-order valence-corrected chi connectivity index (χ2v) is 11.3. The Hall–Kier alpha value is -1.47. The van der Waals surface area contributed by atoms with E-state index >= 15 is 0 Å². The summed E-state index contributed by atoms with van der Waals surface area (Å²) < 4.78 is 46.7. The van der Waals surface area contributed by atoms with Gasteiger partial charge in [-0.15, -0.1) is 0 Å². The molecule has 0 radical (unpaired) electrons. The molecule has 1 saturated heterocycles. The fourth-order valence-corrected chi connectivity index (χ4v) is 6.55. The lowest BCUT2D eigenvalue weighted by molar-refractivity contribution is -0.0484. The van der Waals surface area contributed by atoms with Crippen LogP contribution >= 0.6 is 15.2 Å². The van der Waals surface area contributed by atoms with E-state index in [4.69, 9.17) is 18.5 Å². The lowest BCUT2D eigenvalue weighted by atomic mass is 10.1. The van der Waals surface area contributed by atoms with Crippen LogP contribution in [0.3, 0.4) is 0 Å². The highest BCUT2D eigenvalue weighted by molar-refractivity contribution is 7.70. The smallest absolute Gasteiger partial charge is 0.340 e. The Kier molecular flexibility index (Phi) is 6.46. The lowest BCUT2D eigenvalue weighted by Crippen LogP contribution is -2.33. The molecule has 0 amide bonds. The third kappa shape index (κ3) is 4.98. The Balaban J connectivity index is 1.64. The average Bonchev–Trinajstić information content (AvgIpc) is 3.24. The molecule has 0 spiro atoms. The number of rotatable bonds is 0. The molecule has 31 heavy (non-hydrogen) atoms. The Morgan fingerprint density at radius 2 is 1.74 bits per heavy atom. The van der Waals surface area contributed by atoms with Crippen molar-refractivity contribution < 1.29 is 47.7 Å². The number of hydrogen-bond acceptors (Lipinski definition) is 11. The summed E-state index contributed by atoms with van der Waals surface area (Å²) in [6, 6.07) is 0. The molecular weight excluding hydrogens is 458 g/mol. The molecule has 2 aliphatic rings. The molecule has 4 heterocycles. The van der Waals surface area contributed by atoms with Crippen LogP contribution in [0.5, 0.6) is 5.88 Å². The summed E-state index contributed by atoms with van der Waals surface area (Å²) in [6.45, 7) is -0.551. The van der Waals surface area contributed by atoms with Crippen molar-refractivity contribution in [3.05, 3.63) is 12.7 Å². The highest BCUT2D eigenvalue weighted by Gasteiger charge is 2.46. The van der Waals surface area contributed by atoms with Crippen LogP contribution < -0.4 is 4.74 Å². The van der Waals surface area contributed by atoms with E-state index in [2.05, 4.69) is 15.0 Å². The van der Waals surface area contributed by atoms with Crippen LogP contribution in [0.4, 0.5) is 0 Å². The van der Waals surface area contributed by atoms with Gasteiger partial charge in [0.25, 0.3) is 0 Å². The van der Waals surface area contributed by atoms with Gasteiger partial charge in [-0.05, 0) is 12.8 Å². The molecule has 3 unspecified atom stereocenters. The number of hydrogen-bond donors (Lipinski definition) is 4. The molecule has 6 bridgehead atoms. The van der Waals surface area contributed by atoms with E-state index in [9.17, 15) is 29.1 Å². The summed E-state index contributed by atoms with van der Waals surface area (Å²) in [5.74, 6) is -0.918. The van der Waals surface area contributed by atoms with Gasteiger partial charge in [-0.2, -0.15) is 4.98 Å². The number of aromatic nitrogens is 4. The largest absolute Gasteiger partial charge is 0.476 e. The van der Waals surface area contributed by atoms with Crippen molar-refractivity contribution in [1.29, 1.82) is 0 Å². The molecule has 14 nitrogen and oxygen atoms in total. The van der Waals surface area contributed by atoms with E-state index in [1.807, 2.05) is 0 Å². The number of ether oxygens (including phenoxy) is 2. The van der Waals surface area contributed by atoms with Crippen LogP contribution in [0.15, 0.2) is 12.7 Å². The van der Waals surface area contributed by atoms with Crippen molar-refractivity contribution >= 4 is 26.4 Å². The summed E-state index contributed by atoms with van der Waals surface area (Å²) in [5.41, 5.74) is 0.603. The third-order valence-electron chi connectivity index (χ3n) is 4.80. The quantitative estimate of drug-likeness (QED) is 0.368. The van der Waals surface area contributed by atoms with Crippen LogP contribution in [0.1, 0.15) is 19.1 Å². The fourth-order valence-electron chi connectivity index (χ4n) is 3.30. The number of aliphatic hydroxyl groups excluding tert-OH is 2. The normalized spacial score (nSPS) is 37.9. The maximum absolute atomic E-state index is 12.2. The molecule has 0 aromatic carbocycles. The minimum absolute atomic E-state index is 0.136. The van der Waals surface area contributed by atoms with E-state index in [1.165, 1.54) is 17.2 Å². The van der Waals surface area contributed by atoms with Gasteiger partial charge in [-0.3, -0.25) is 13.7 Å². The number of imidazole rings is 1. The van der Waals surface area contributed by atoms with Gasteiger partial charge in [0.1, 0.15) is 24.6 Å². The molecule has 1 fully saturated rings. The van der Waals surface area contributed by atoms with Gasteiger partial charge in [0.2, 0.25) is 5.88 Å². The zero-order valence-electron chi connectivity index (χ0n) is 16.1.